The lowest BCUT2D eigenvalue weighted by Crippen LogP contribution is -2.49. The Labute approximate surface area is 177 Å². The third kappa shape index (κ3) is 4.60. The number of piperazine rings is 1. The van der Waals surface area contributed by atoms with Gasteiger partial charge in [0, 0.05) is 38.3 Å². The van der Waals surface area contributed by atoms with E-state index in [1.54, 1.807) is 17.9 Å². The van der Waals surface area contributed by atoms with E-state index in [4.69, 9.17) is 4.74 Å². The van der Waals surface area contributed by atoms with E-state index in [-0.39, 0.29) is 42.2 Å². The fraction of sp³-hybridized carbons (Fsp3) is 0.300. The average molecular weight is 428 g/mol. The third-order valence-corrected chi connectivity index (χ3v) is 4.92. The summed E-state index contributed by atoms with van der Waals surface area (Å²) in [4.78, 5) is 49.5. The number of hydrogen-bond acceptors (Lipinski definition) is 8. The minimum absolute atomic E-state index is 0.00530. The van der Waals surface area contributed by atoms with Crippen LogP contribution in [0, 0.1) is 20.2 Å². The summed E-state index contributed by atoms with van der Waals surface area (Å²) in [5.74, 6) is -1.10. The molecular weight excluding hydrogens is 408 g/mol. The zero-order valence-electron chi connectivity index (χ0n) is 16.7. The maximum atomic E-state index is 12.8. The van der Waals surface area contributed by atoms with Crippen molar-refractivity contribution in [1.82, 2.24) is 4.90 Å². The Kier molecular flexibility index (Phi) is 6.43. The van der Waals surface area contributed by atoms with Crippen molar-refractivity contribution in [2.75, 3.05) is 37.7 Å². The second-order valence-corrected chi connectivity index (χ2v) is 6.73. The number of hydrogen-bond donors (Lipinski definition) is 0. The van der Waals surface area contributed by atoms with Crippen molar-refractivity contribution in [2.45, 2.75) is 6.92 Å². The number of rotatable bonds is 6. The fourth-order valence-electron chi connectivity index (χ4n) is 3.41. The van der Waals surface area contributed by atoms with E-state index in [1.807, 2.05) is 0 Å². The highest BCUT2D eigenvalue weighted by Crippen LogP contribution is 2.31. The highest BCUT2D eigenvalue weighted by molar-refractivity contribution is 5.98. The summed E-state index contributed by atoms with van der Waals surface area (Å²) < 4.78 is 4.89. The van der Waals surface area contributed by atoms with Crippen LogP contribution in [0.15, 0.2) is 42.5 Å². The molecule has 0 saturated carbocycles. The Morgan fingerprint density at radius 1 is 0.968 bits per heavy atom. The predicted molar refractivity (Wildman–Crippen MR) is 110 cm³/mol. The predicted octanol–water partition coefficient (Wildman–Crippen LogP) is 2.64. The minimum atomic E-state index is -0.642. The SMILES string of the molecule is CCOC(=O)c1ccc(N2CCN(C(=O)c3ccccc3[N+](=O)[O-])CC2)c([N+](=O)[O-])c1. The van der Waals surface area contributed by atoms with Crippen molar-refractivity contribution >= 4 is 28.9 Å². The number of nitro benzene ring substituents is 2. The smallest absolute Gasteiger partial charge is 0.338 e. The zero-order chi connectivity index (χ0) is 22.5. The molecular formula is C20H20N4O7. The molecule has 1 heterocycles. The molecule has 0 atom stereocenters. The number of carbonyl (C=O) groups excluding carboxylic acids is 2. The molecule has 2 aromatic carbocycles. The number of para-hydroxylation sites is 1. The molecule has 0 N–H and O–H groups in total. The van der Waals surface area contributed by atoms with Crippen LogP contribution in [-0.4, -0.2) is 59.4 Å². The van der Waals surface area contributed by atoms with Gasteiger partial charge in [-0.3, -0.25) is 25.0 Å². The van der Waals surface area contributed by atoms with Gasteiger partial charge < -0.3 is 14.5 Å². The summed E-state index contributed by atoms with van der Waals surface area (Å²) in [5, 5.41) is 22.7. The molecule has 3 rings (SSSR count). The van der Waals surface area contributed by atoms with E-state index in [9.17, 15) is 29.8 Å². The molecule has 1 amide bonds. The number of anilines is 1. The van der Waals surface area contributed by atoms with Gasteiger partial charge >= 0.3 is 5.97 Å². The van der Waals surface area contributed by atoms with Gasteiger partial charge in [0.25, 0.3) is 17.3 Å². The lowest BCUT2D eigenvalue weighted by molar-refractivity contribution is -0.385. The number of esters is 1. The highest BCUT2D eigenvalue weighted by Gasteiger charge is 2.29. The van der Waals surface area contributed by atoms with Crippen LogP contribution in [0.2, 0.25) is 0 Å². The zero-order valence-corrected chi connectivity index (χ0v) is 16.7. The van der Waals surface area contributed by atoms with Gasteiger partial charge in [0.05, 0.1) is 22.0 Å². The largest absolute Gasteiger partial charge is 0.462 e. The molecule has 1 fully saturated rings. The van der Waals surface area contributed by atoms with E-state index in [1.165, 1.54) is 41.3 Å². The number of ether oxygens (including phenoxy) is 1. The molecule has 0 bridgehead atoms. The number of benzene rings is 2. The molecule has 0 aliphatic carbocycles. The Bertz CT molecular complexity index is 1030. The van der Waals surface area contributed by atoms with Gasteiger partial charge in [0.2, 0.25) is 0 Å². The summed E-state index contributed by atoms with van der Waals surface area (Å²) in [6.07, 6.45) is 0. The van der Waals surface area contributed by atoms with Crippen molar-refractivity contribution in [3.63, 3.8) is 0 Å². The van der Waals surface area contributed by atoms with Crippen LogP contribution in [0.5, 0.6) is 0 Å². The van der Waals surface area contributed by atoms with Gasteiger partial charge in [-0.25, -0.2) is 4.79 Å². The van der Waals surface area contributed by atoms with Gasteiger partial charge in [-0.1, -0.05) is 12.1 Å². The molecule has 11 heteroatoms. The van der Waals surface area contributed by atoms with Crippen LogP contribution >= 0.6 is 0 Å². The molecule has 0 radical (unpaired) electrons. The Morgan fingerprint density at radius 2 is 1.61 bits per heavy atom. The van der Waals surface area contributed by atoms with Gasteiger partial charge in [0.1, 0.15) is 11.3 Å². The summed E-state index contributed by atoms with van der Waals surface area (Å²) in [7, 11) is 0. The van der Waals surface area contributed by atoms with Crippen LogP contribution in [0.25, 0.3) is 0 Å². The first-order chi connectivity index (χ1) is 14.8. The van der Waals surface area contributed by atoms with E-state index >= 15 is 0 Å². The minimum Gasteiger partial charge on any atom is -0.462 e. The van der Waals surface area contributed by atoms with Gasteiger partial charge in [-0.2, -0.15) is 0 Å². The molecule has 1 aliphatic rings. The molecule has 0 unspecified atom stereocenters. The highest BCUT2D eigenvalue weighted by atomic mass is 16.6. The second-order valence-electron chi connectivity index (χ2n) is 6.73. The maximum absolute atomic E-state index is 12.8. The van der Waals surface area contributed by atoms with Gasteiger partial charge in [-0.05, 0) is 25.1 Å². The van der Waals surface area contributed by atoms with Crippen LogP contribution in [0.1, 0.15) is 27.6 Å². The number of nitrogens with zero attached hydrogens (tertiary/aromatic N) is 4. The monoisotopic (exact) mass is 428 g/mol. The summed E-state index contributed by atoms with van der Waals surface area (Å²) in [6, 6.07) is 9.87. The Balaban J connectivity index is 1.76. The third-order valence-electron chi connectivity index (χ3n) is 4.92. The second kappa shape index (κ2) is 9.20. The molecule has 0 spiro atoms. The van der Waals surface area contributed by atoms with E-state index in [0.29, 0.717) is 18.8 Å². The summed E-state index contributed by atoms with van der Waals surface area (Å²) in [6.45, 7) is 2.87. The van der Waals surface area contributed by atoms with E-state index in [2.05, 4.69) is 0 Å². The van der Waals surface area contributed by atoms with Crippen LogP contribution in [0.4, 0.5) is 17.1 Å². The Hall–Kier alpha value is -4.02. The number of nitro groups is 2. The first-order valence-electron chi connectivity index (χ1n) is 9.56. The van der Waals surface area contributed by atoms with E-state index in [0.717, 1.165) is 0 Å². The van der Waals surface area contributed by atoms with Crippen molar-refractivity contribution < 1.29 is 24.2 Å². The maximum Gasteiger partial charge on any atom is 0.338 e. The molecule has 2 aromatic rings. The molecule has 31 heavy (non-hydrogen) atoms. The van der Waals surface area contributed by atoms with E-state index < -0.39 is 21.7 Å². The first kappa shape index (κ1) is 21.7. The number of carbonyl (C=O) groups is 2. The lowest BCUT2D eigenvalue weighted by Gasteiger charge is -2.35. The lowest BCUT2D eigenvalue weighted by atomic mass is 10.1. The van der Waals surface area contributed by atoms with Crippen molar-refractivity contribution in [1.29, 1.82) is 0 Å². The quantitative estimate of drug-likeness (QED) is 0.389. The number of amides is 1. The molecule has 0 aromatic heterocycles. The summed E-state index contributed by atoms with van der Waals surface area (Å²) in [5.41, 5.74) is -0.0757. The van der Waals surface area contributed by atoms with Gasteiger partial charge in [-0.15, -0.1) is 0 Å². The topological polar surface area (TPSA) is 136 Å². The van der Waals surface area contributed by atoms with Crippen LogP contribution in [0.3, 0.4) is 0 Å². The average Bonchev–Trinajstić information content (AvgIpc) is 2.78. The van der Waals surface area contributed by atoms with Crippen LogP contribution < -0.4 is 4.90 Å². The van der Waals surface area contributed by atoms with Crippen LogP contribution in [-0.2, 0) is 4.74 Å². The molecule has 1 saturated heterocycles. The fourth-order valence-corrected chi connectivity index (χ4v) is 3.41. The first-order valence-corrected chi connectivity index (χ1v) is 9.56. The normalized spacial score (nSPS) is 13.6. The molecule has 11 nitrogen and oxygen atoms in total. The summed E-state index contributed by atoms with van der Waals surface area (Å²) >= 11 is 0. The van der Waals surface area contributed by atoms with Crippen molar-refractivity contribution in [2.24, 2.45) is 0 Å². The van der Waals surface area contributed by atoms with Gasteiger partial charge in [0.15, 0.2) is 0 Å². The Morgan fingerprint density at radius 3 is 2.23 bits per heavy atom. The standard InChI is InChI=1S/C20H20N4O7/c1-2-31-20(26)14-7-8-17(18(13-14)24(29)30)21-9-11-22(12-10-21)19(25)15-5-3-4-6-16(15)23(27)28/h3-8,13H,2,9-12H2,1H3. The van der Waals surface area contributed by atoms with Crippen molar-refractivity contribution in [3.05, 3.63) is 73.8 Å². The molecule has 162 valence electrons. The van der Waals surface area contributed by atoms with Crippen molar-refractivity contribution in [3.8, 4) is 0 Å². The molecule has 1 aliphatic heterocycles.